The average molecular weight is 273 g/mol. The number of nitrogens with zero attached hydrogens (tertiary/aromatic N) is 1. The Kier molecular flexibility index (Phi) is 5.92. The number of aryl methyl sites for hydroxylation is 2. The third kappa shape index (κ3) is 3.92. The lowest BCUT2D eigenvalue weighted by Crippen LogP contribution is -2.15. The minimum Gasteiger partial charge on any atom is -0.466 e. The number of hydrogen-bond acceptors (Lipinski definition) is 4. The number of ketones is 1. The lowest BCUT2D eigenvalue weighted by atomic mass is 9.87. The van der Waals surface area contributed by atoms with Crippen LogP contribution >= 0.6 is 0 Å². The van der Waals surface area contributed by atoms with Crippen molar-refractivity contribution in [3.05, 3.63) is 34.9 Å². The molecular weight excluding hydrogens is 254 g/mol. The minimum atomic E-state index is -0.814. The number of carbonyl (C=O) groups is 2. The lowest BCUT2D eigenvalue weighted by Gasteiger charge is -2.14. The van der Waals surface area contributed by atoms with Crippen LogP contribution < -0.4 is 0 Å². The van der Waals surface area contributed by atoms with Crippen LogP contribution in [0.2, 0.25) is 0 Å². The first kappa shape index (κ1) is 15.9. The van der Waals surface area contributed by atoms with Crippen LogP contribution in [0.1, 0.15) is 42.4 Å². The predicted molar refractivity (Wildman–Crippen MR) is 75.1 cm³/mol. The predicted octanol–water partition coefficient (Wildman–Crippen LogP) is 2.82. The van der Waals surface area contributed by atoms with Gasteiger partial charge in [-0.1, -0.05) is 18.2 Å². The lowest BCUT2D eigenvalue weighted by molar-refractivity contribution is -0.144. The molecule has 0 N–H and O–H groups in total. The van der Waals surface area contributed by atoms with Gasteiger partial charge in [-0.3, -0.25) is 9.59 Å². The molecule has 4 heteroatoms. The maximum Gasteiger partial charge on any atom is 0.306 e. The zero-order chi connectivity index (χ0) is 15.1. The molecule has 0 radical (unpaired) electrons. The fourth-order valence-corrected chi connectivity index (χ4v) is 2.18. The van der Waals surface area contributed by atoms with Gasteiger partial charge in [0, 0.05) is 6.42 Å². The standard InChI is InChI=1S/C16H19NO3/c1-4-20-15(19)9-8-14(18)13(10-17)16-11(2)6-5-7-12(16)3/h5-7,13H,4,8-9H2,1-3H3. The van der Waals surface area contributed by atoms with Gasteiger partial charge in [0.05, 0.1) is 19.1 Å². The molecule has 0 amide bonds. The summed E-state index contributed by atoms with van der Waals surface area (Å²) >= 11 is 0. The SMILES string of the molecule is CCOC(=O)CCC(=O)C(C#N)c1c(C)cccc1C. The Balaban J connectivity index is 2.84. The van der Waals surface area contributed by atoms with Crippen LogP contribution in [0.5, 0.6) is 0 Å². The van der Waals surface area contributed by atoms with E-state index in [1.54, 1.807) is 6.92 Å². The van der Waals surface area contributed by atoms with E-state index in [2.05, 4.69) is 6.07 Å². The summed E-state index contributed by atoms with van der Waals surface area (Å²) in [5.41, 5.74) is 2.59. The fourth-order valence-electron chi connectivity index (χ4n) is 2.18. The Bertz CT molecular complexity index is 523. The second-order valence-corrected chi connectivity index (χ2v) is 4.64. The molecule has 0 aliphatic heterocycles. The van der Waals surface area contributed by atoms with Gasteiger partial charge in [0.15, 0.2) is 5.78 Å². The van der Waals surface area contributed by atoms with Crippen molar-refractivity contribution in [1.82, 2.24) is 0 Å². The second-order valence-electron chi connectivity index (χ2n) is 4.64. The summed E-state index contributed by atoms with van der Waals surface area (Å²) in [5, 5.41) is 9.28. The van der Waals surface area contributed by atoms with Gasteiger partial charge >= 0.3 is 5.97 Å². The number of benzene rings is 1. The van der Waals surface area contributed by atoms with Crippen molar-refractivity contribution < 1.29 is 14.3 Å². The van der Waals surface area contributed by atoms with Crippen molar-refractivity contribution in [1.29, 1.82) is 5.26 Å². The normalized spacial score (nSPS) is 11.5. The molecule has 0 fully saturated rings. The van der Waals surface area contributed by atoms with E-state index in [0.717, 1.165) is 16.7 Å². The Morgan fingerprint density at radius 2 is 1.85 bits per heavy atom. The van der Waals surface area contributed by atoms with Crippen molar-refractivity contribution in [2.75, 3.05) is 6.61 Å². The van der Waals surface area contributed by atoms with Crippen LogP contribution in [-0.2, 0) is 14.3 Å². The van der Waals surface area contributed by atoms with Crippen LogP contribution in [0.3, 0.4) is 0 Å². The van der Waals surface area contributed by atoms with Gasteiger partial charge in [-0.05, 0) is 37.5 Å². The summed E-state index contributed by atoms with van der Waals surface area (Å²) in [6.07, 6.45) is 0.0562. The molecule has 4 nitrogen and oxygen atoms in total. The highest BCUT2D eigenvalue weighted by Gasteiger charge is 2.23. The summed E-state index contributed by atoms with van der Waals surface area (Å²) in [6.45, 7) is 5.77. The number of rotatable bonds is 6. The molecule has 106 valence electrons. The fraction of sp³-hybridized carbons (Fsp3) is 0.438. The molecular formula is C16H19NO3. The van der Waals surface area contributed by atoms with E-state index in [1.165, 1.54) is 0 Å². The first-order valence-electron chi connectivity index (χ1n) is 6.65. The van der Waals surface area contributed by atoms with Gasteiger partial charge in [0.1, 0.15) is 5.92 Å². The Morgan fingerprint density at radius 1 is 1.25 bits per heavy atom. The van der Waals surface area contributed by atoms with Crippen molar-refractivity contribution in [3.8, 4) is 6.07 Å². The molecule has 0 heterocycles. The third-order valence-corrected chi connectivity index (χ3v) is 3.16. The first-order chi connectivity index (χ1) is 9.51. The van der Waals surface area contributed by atoms with E-state index in [4.69, 9.17) is 4.74 Å². The van der Waals surface area contributed by atoms with Crippen molar-refractivity contribution in [2.45, 2.75) is 39.5 Å². The number of carbonyl (C=O) groups excluding carboxylic acids is 2. The summed E-state index contributed by atoms with van der Waals surface area (Å²) in [5.74, 6) is -1.46. The number of Topliss-reactive ketones (excluding diaryl/α,β-unsaturated/α-hetero) is 1. The van der Waals surface area contributed by atoms with E-state index in [9.17, 15) is 14.9 Å². The molecule has 0 spiro atoms. The van der Waals surface area contributed by atoms with E-state index in [0.29, 0.717) is 6.61 Å². The molecule has 0 saturated heterocycles. The van der Waals surface area contributed by atoms with Crippen molar-refractivity contribution >= 4 is 11.8 Å². The molecule has 20 heavy (non-hydrogen) atoms. The van der Waals surface area contributed by atoms with Gasteiger partial charge in [-0.25, -0.2) is 0 Å². The van der Waals surface area contributed by atoms with Gasteiger partial charge in [0.25, 0.3) is 0 Å². The third-order valence-electron chi connectivity index (χ3n) is 3.16. The molecule has 1 atom stereocenters. The maximum absolute atomic E-state index is 12.2. The molecule has 0 aliphatic rings. The molecule has 0 bridgehead atoms. The van der Waals surface area contributed by atoms with Crippen LogP contribution in [0, 0.1) is 25.2 Å². The Labute approximate surface area is 119 Å². The molecule has 0 saturated carbocycles. The summed E-state index contributed by atoms with van der Waals surface area (Å²) in [4.78, 5) is 23.4. The van der Waals surface area contributed by atoms with Crippen LogP contribution in [0.25, 0.3) is 0 Å². The highest BCUT2D eigenvalue weighted by molar-refractivity contribution is 5.91. The van der Waals surface area contributed by atoms with Crippen LogP contribution in [-0.4, -0.2) is 18.4 Å². The number of ether oxygens (including phenoxy) is 1. The van der Waals surface area contributed by atoms with Crippen molar-refractivity contribution in [3.63, 3.8) is 0 Å². The quantitative estimate of drug-likeness (QED) is 0.747. The second kappa shape index (κ2) is 7.44. The summed E-state index contributed by atoms with van der Waals surface area (Å²) < 4.78 is 4.78. The van der Waals surface area contributed by atoms with E-state index in [-0.39, 0.29) is 18.6 Å². The van der Waals surface area contributed by atoms with E-state index >= 15 is 0 Å². The number of nitriles is 1. The Morgan fingerprint density at radius 3 is 2.35 bits per heavy atom. The molecule has 1 rings (SSSR count). The van der Waals surface area contributed by atoms with Crippen LogP contribution in [0.4, 0.5) is 0 Å². The monoisotopic (exact) mass is 273 g/mol. The maximum atomic E-state index is 12.2. The Hall–Kier alpha value is -2.15. The first-order valence-corrected chi connectivity index (χ1v) is 6.65. The molecule has 1 unspecified atom stereocenters. The van der Waals surface area contributed by atoms with Gasteiger partial charge in [-0.15, -0.1) is 0 Å². The molecule has 1 aromatic carbocycles. The summed E-state index contributed by atoms with van der Waals surface area (Å²) in [7, 11) is 0. The van der Waals surface area contributed by atoms with Crippen molar-refractivity contribution in [2.24, 2.45) is 0 Å². The van der Waals surface area contributed by atoms with Crippen LogP contribution in [0.15, 0.2) is 18.2 Å². The number of hydrogen-bond donors (Lipinski definition) is 0. The minimum absolute atomic E-state index is 0.0236. The van der Waals surface area contributed by atoms with E-state index < -0.39 is 11.9 Å². The zero-order valence-electron chi connectivity index (χ0n) is 12.1. The number of esters is 1. The molecule has 1 aromatic rings. The van der Waals surface area contributed by atoms with Gasteiger partial charge in [-0.2, -0.15) is 5.26 Å². The molecule has 0 aliphatic carbocycles. The molecule has 0 aromatic heterocycles. The average Bonchev–Trinajstić information content (AvgIpc) is 2.41. The smallest absolute Gasteiger partial charge is 0.306 e. The topological polar surface area (TPSA) is 67.2 Å². The largest absolute Gasteiger partial charge is 0.466 e. The highest BCUT2D eigenvalue weighted by Crippen LogP contribution is 2.25. The van der Waals surface area contributed by atoms with E-state index in [1.807, 2.05) is 32.0 Å². The zero-order valence-corrected chi connectivity index (χ0v) is 12.1. The highest BCUT2D eigenvalue weighted by atomic mass is 16.5. The summed E-state index contributed by atoms with van der Waals surface area (Å²) in [6, 6.07) is 7.71. The van der Waals surface area contributed by atoms with Gasteiger partial charge in [0.2, 0.25) is 0 Å². The van der Waals surface area contributed by atoms with Gasteiger partial charge < -0.3 is 4.74 Å².